The second kappa shape index (κ2) is 6.04. The second-order valence-electron chi connectivity index (χ2n) is 6.48. The van der Waals surface area contributed by atoms with Crippen molar-refractivity contribution in [1.29, 1.82) is 0 Å². The van der Waals surface area contributed by atoms with E-state index in [2.05, 4.69) is 43.5 Å². The van der Waals surface area contributed by atoms with E-state index in [0.29, 0.717) is 6.04 Å². The molecule has 0 amide bonds. The van der Waals surface area contributed by atoms with E-state index >= 15 is 0 Å². The molecular weight excluding hydrogens is 236 g/mol. The first-order valence-corrected chi connectivity index (χ1v) is 7.22. The molecular formula is C16H26N2O. The van der Waals surface area contributed by atoms with Crippen molar-refractivity contribution in [3.63, 3.8) is 0 Å². The highest BCUT2D eigenvalue weighted by molar-refractivity contribution is 5.28. The molecule has 1 saturated heterocycles. The molecule has 0 bridgehead atoms. The molecule has 1 aliphatic heterocycles. The smallest absolute Gasteiger partial charge is 0.131 e. The standard InChI is InChI=1S/C16H26N2O/c1-16(2,3)13-8-6-12(7-9-13)15(19)18-11-14-5-4-10-17-14/h6-9,14-15,17-19H,4-5,10-11H2,1-3H3. The van der Waals surface area contributed by atoms with Crippen molar-refractivity contribution in [3.05, 3.63) is 35.4 Å². The van der Waals surface area contributed by atoms with Crippen LogP contribution in [0.25, 0.3) is 0 Å². The normalized spacial score (nSPS) is 21.6. The minimum Gasteiger partial charge on any atom is -0.374 e. The molecule has 106 valence electrons. The maximum Gasteiger partial charge on any atom is 0.131 e. The monoisotopic (exact) mass is 262 g/mol. The van der Waals surface area contributed by atoms with Crippen LogP contribution in [0, 0.1) is 0 Å². The first kappa shape index (κ1) is 14.5. The molecule has 2 atom stereocenters. The minimum absolute atomic E-state index is 0.157. The van der Waals surface area contributed by atoms with Crippen molar-refractivity contribution < 1.29 is 5.11 Å². The topological polar surface area (TPSA) is 44.3 Å². The van der Waals surface area contributed by atoms with E-state index in [-0.39, 0.29) is 5.41 Å². The van der Waals surface area contributed by atoms with Gasteiger partial charge >= 0.3 is 0 Å². The molecule has 0 saturated carbocycles. The molecule has 2 rings (SSSR count). The zero-order chi connectivity index (χ0) is 13.9. The molecule has 1 aliphatic rings. The van der Waals surface area contributed by atoms with E-state index in [9.17, 15) is 5.11 Å². The predicted molar refractivity (Wildman–Crippen MR) is 79.1 cm³/mol. The number of aliphatic hydroxyl groups excluding tert-OH is 1. The van der Waals surface area contributed by atoms with Crippen molar-refractivity contribution in [1.82, 2.24) is 10.6 Å². The zero-order valence-electron chi connectivity index (χ0n) is 12.2. The molecule has 1 fully saturated rings. The lowest BCUT2D eigenvalue weighted by Crippen LogP contribution is -2.35. The van der Waals surface area contributed by atoms with Crippen LogP contribution >= 0.6 is 0 Å². The first-order chi connectivity index (χ1) is 8.97. The highest BCUT2D eigenvalue weighted by atomic mass is 16.3. The largest absolute Gasteiger partial charge is 0.374 e. The summed E-state index contributed by atoms with van der Waals surface area (Å²) in [6.45, 7) is 8.51. The summed E-state index contributed by atoms with van der Waals surface area (Å²) < 4.78 is 0. The maximum atomic E-state index is 10.1. The van der Waals surface area contributed by atoms with E-state index in [1.165, 1.54) is 18.4 Å². The van der Waals surface area contributed by atoms with E-state index in [1.807, 2.05) is 12.1 Å². The van der Waals surface area contributed by atoms with Crippen molar-refractivity contribution in [3.8, 4) is 0 Å². The number of hydrogen-bond acceptors (Lipinski definition) is 3. The van der Waals surface area contributed by atoms with E-state index in [1.54, 1.807) is 0 Å². The van der Waals surface area contributed by atoms with Crippen LogP contribution in [0.2, 0.25) is 0 Å². The van der Waals surface area contributed by atoms with Gasteiger partial charge in [0.15, 0.2) is 0 Å². The molecule has 1 heterocycles. The Morgan fingerprint density at radius 1 is 1.32 bits per heavy atom. The van der Waals surface area contributed by atoms with Crippen molar-refractivity contribution >= 4 is 0 Å². The third kappa shape index (κ3) is 4.03. The molecule has 1 aromatic rings. The second-order valence-corrected chi connectivity index (χ2v) is 6.48. The van der Waals surface area contributed by atoms with Gasteiger partial charge in [-0.3, -0.25) is 5.32 Å². The Morgan fingerprint density at radius 2 is 2.00 bits per heavy atom. The minimum atomic E-state index is -0.573. The van der Waals surface area contributed by atoms with Gasteiger partial charge in [-0.25, -0.2) is 0 Å². The Labute approximate surface area is 116 Å². The Kier molecular flexibility index (Phi) is 4.61. The van der Waals surface area contributed by atoms with Crippen LogP contribution in [0.5, 0.6) is 0 Å². The molecule has 0 spiro atoms. The number of nitrogens with one attached hydrogen (secondary N) is 2. The predicted octanol–water partition coefficient (Wildman–Crippen LogP) is 2.32. The van der Waals surface area contributed by atoms with Crippen LogP contribution in [0.15, 0.2) is 24.3 Å². The number of hydrogen-bond donors (Lipinski definition) is 3. The molecule has 2 unspecified atom stereocenters. The third-order valence-corrected chi connectivity index (χ3v) is 3.81. The van der Waals surface area contributed by atoms with Gasteiger partial charge in [0, 0.05) is 12.6 Å². The lowest BCUT2D eigenvalue weighted by atomic mass is 9.86. The summed E-state index contributed by atoms with van der Waals surface area (Å²) in [6.07, 6.45) is 1.86. The Balaban J connectivity index is 1.89. The maximum absolute atomic E-state index is 10.1. The van der Waals surface area contributed by atoms with Crippen LogP contribution in [0.1, 0.15) is 51.0 Å². The fourth-order valence-electron chi connectivity index (χ4n) is 2.47. The van der Waals surface area contributed by atoms with Gasteiger partial charge in [-0.15, -0.1) is 0 Å². The fourth-order valence-corrected chi connectivity index (χ4v) is 2.47. The highest BCUT2D eigenvalue weighted by Crippen LogP contribution is 2.23. The van der Waals surface area contributed by atoms with Gasteiger partial charge in [-0.05, 0) is 35.9 Å². The summed E-state index contributed by atoms with van der Waals surface area (Å²) in [7, 11) is 0. The van der Waals surface area contributed by atoms with Crippen LogP contribution in [0.4, 0.5) is 0 Å². The van der Waals surface area contributed by atoms with Crippen LogP contribution < -0.4 is 10.6 Å². The van der Waals surface area contributed by atoms with Gasteiger partial charge in [0.05, 0.1) is 0 Å². The molecule has 3 nitrogen and oxygen atoms in total. The zero-order valence-corrected chi connectivity index (χ0v) is 12.2. The fraction of sp³-hybridized carbons (Fsp3) is 0.625. The molecule has 0 aromatic heterocycles. The Hall–Kier alpha value is -0.900. The average Bonchev–Trinajstić information content (AvgIpc) is 2.88. The van der Waals surface area contributed by atoms with E-state index < -0.39 is 6.23 Å². The Bertz CT molecular complexity index is 388. The number of benzene rings is 1. The lowest BCUT2D eigenvalue weighted by Gasteiger charge is -2.21. The highest BCUT2D eigenvalue weighted by Gasteiger charge is 2.17. The van der Waals surface area contributed by atoms with E-state index in [0.717, 1.165) is 18.7 Å². The SMILES string of the molecule is CC(C)(C)c1ccc(C(O)NCC2CCCN2)cc1. The molecule has 3 heteroatoms. The lowest BCUT2D eigenvalue weighted by molar-refractivity contribution is 0.136. The number of aliphatic hydroxyl groups is 1. The summed E-state index contributed by atoms with van der Waals surface area (Å²) in [6, 6.07) is 8.74. The van der Waals surface area contributed by atoms with Gasteiger partial charge in [-0.2, -0.15) is 0 Å². The van der Waals surface area contributed by atoms with Crippen molar-refractivity contribution in [2.45, 2.75) is 51.3 Å². The summed E-state index contributed by atoms with van der Waals surface area (Å²) in [5.41, 5.74) is 2.39. The molecule has 19 heavy (non-hydrogen) atoms. The summed E-state index contributed by atoms with van der Waals surface area (Å²) in [5, 5.41) is 16.7. The average molecular weight is 262 g/mol. The summed E-state index contributed by atoms with van der Waals surface area (Å²) in [4.78, 5) is 0. The van der Waals surface area contributed by atoms with Crippen molar-refractivity contribution in [2.75, 3.05) is 13.1 Å². The summed E-state index contributed by atoms with van der Waals surface area (Å²) in [5.74, 6) is 0. The van der Waals surface area contributed by atoms with Crippen molar-refractivity contribution in [2.24, 2.45) is 0 Å². The third-order valence-electron chi connectivity index (χ3n) is 3.81. The van der Waals surface area contributed by atoms with E-state index in [4.69, 9.17) is 0 Å². The quantitative estimate of drug-likeness (QED) is 0.730. The van der Waals surface area contributed by atoms with Crippen LogP contribution in [-0.2, 0) is 5.41 Å². The van der Waals surface area contributed by atoms with Crippen LogP contribution in [-0.4, -0.2) is 24.2 Å². The van der Waals surface area contributed by atoms with Gasteiger partial charge in [0.2, 0.25) is 0 Å². The van der Waals surface area contributed by atoms with Gasteiger partial charge in [-0.1, -0.05) is 45.0 Å². The van der Waals surface area contributed by atoms with Gasteiger partial charge in [0.25, 0.3) is 0 Å². The molecule has 1 aromatic carbocycles. The van der Waals surface area contributed by atoms with Crippen LogP contribution in [0.3, 0.4) is 0 Å². The van der Waals surface area contributed by atoms with Gasteiger partial charge in [0.1, 0.15) is 6.23 Å². The first-order valence-electron chi connectivity index (χ1n) is 7.22. The molecule has 0 aliphatic carbocycles. The Morgan fingerprint density at radius 3 is 2.53 bits per heavy atom. The molecule has 0 radical (unpaired) electrons. The number of rotatable bonds is 4. The van der Waals surface area contributed by atoms with Gasteiger partial charge < -0.3 is 10.4 Å². The molecule has 3 N–H and O–H groups in total. The summed E-state index contributed by atoms with van der Waals surface area (Å²) >= 11 is 0.